The fourth-order valence-corrected chi connectivity index (χ4v) is 3.81. The number of Topliss-reactive ketones (excluding diaryl/α,β-unsaturated/α-hetero) is 1. The van der Waals surface area contributed by atoms with Crippen molar-refractivity contribution >= 4 is 28.5 Å². The Morgan fingerprint density at radius 1 is 1.03 bits per heavy atom. The number of anilines is 1. The van der Waals surface area contributed by atoms with Crippen molar-refractivity contribution in [1.82, 2.24) is 4.98 Å². The molecule has 0 aliphatic carbocycles. The molecule has 0 spiro atoms. The standard InChI is InChI=1S/C29H30N2O5/c1-19(2)24(31-28-15-12-22(17-30-28)25(32)7-5-9-29(33)34)18-35-23-13-10-20(11-14-23)27-16-21-6-3-4-8-26(21)36-27/h3-4,6,8,10-17,19,24H,5,7,9,18H2,1-2H3,(H,30,31)(H,33,34)/t24-/m1/s1. The molecule has 0 radical (unpaired) electrons. The summed E-state index contributed by atoms with van der Waals surface area (Å²) in [6, 6.07) is 21.3. The van der Waals surface area contributed by atoms with Gasteiger partial charge in [0.05, 0.1) is 6.04 Å². The first-order valence-corrected chi connectivity index (χ1v) is 12.1. The smallest absolute Gasteiger partial charge is 0.303 e. The Hall–Kier alpha value is -4.13. The molecule has 7 heteroatoms. The second-order valence-corrected chi connectivity index (χ2v) is 9.08. The van der Waals surface area contributed by atoms with Crippen LogP contribution in [0.15, 0.2) is 77.3 Å². The highest BCUT2D eigenvalue weighted by Crippen LogP contribution is 2.29. The summed E-state index contributed by atoms with van der Waals surface area (Å²) in [5.74, 6) is 1.50. The van der Waals surface area contributed by atoms with Crippen molar-refractivity contribution in [2.45, 2.75) is 39.2 Å². The summed E-state index contributed by atoms with van der Waals surface area (Å²) in [6.07, 6.45) is 2.02. The summed E-state index contributed by atoms with van der Waals surface area (Å²) in [6.45, 7) is 4.65. The van der Waals surface area contributed by atoms with Crippen molar-refractivity contribution in [3.8, 4) is 17.1 Å². The van der Waals surface area contributed by atoms with E-state index >= 15 is 0 Å². The molecule has 1 atom stereocenters. The van der Waals surface area contributed by atoms with Crippen molar-refractivity contribution in [3.05, 3.63) is 78.5 Å². The molecule has 4 rings (SSSR count). The quantitative estimate of drug-likeness (QED) is 0.222. The van der Waals surface area contributed by atoms with Crippen molar-refractivity contribution in [2.75, 3.05) is 11.9 Å². The van der Waals surface area contributed by atoms with Gasteiger partial charge in [-0.05, 0) is 60.9 Å². The van der Waals surface area contributed by atoms with E-state index in [-0.39, 0.29) is 30.6 Å². The number of aliphatic carboxylic acids is 1. The Morgan fingerprint density at radius 3 is 2.47 bits per heavy atom. The number of hydrogen-bond donors (Lipinski definition) is 2. The van der Waals surface area contributed by atoms with E-state index in [2.05, 4.69) is 24.1 Å². The summed E-state index contributed by atoms with van der Waals surface area (Å²) >= 11 is 0. The first-order valence-electron chi connectivity index (χ1n) is 12.1. The molecule has 36 heavy (non-hydrogen) atoms. The van der Waals surface area contributed by atoms with Gasteiger partial charge in [-0.15, -0.1) is 0 Å². The summed E-state index contributed by atoms with van der Waals surface area (Å²) in [4.78, 5) is 27.2. The number of ether oxygens (including phenoxy) is 1. The second-order valence-electron chi connectivity index (χ2n) is 9.08. The highest BCUT2D eigenvalue weighted by Gasteiger charge is 2.16. The first-order chi connectivity index (χ1) is 17.4. The number of benzene rings is 2. The van der Waals surface area contributed by atoms with Gasteiger partial charge in [0.1, 0.15) is 29.5 Å². The summed E-state index contributed by atoms with van der Waals surface area (Å²) in [5.41, 5.74) is 2.33. The lowest BCUT2D eigenvalue weighted by molar-refractivity contribution is -0.137. The summed E-state index contributed by atoms with van der Waals surface area (Å²) < 4.78 is 12.0. The van der Waals surface area contributed by atoms with E-state index in [0.717, 1.165) is 28.0 Å². The number of hydrogen-bond acceptors (Lipinski definition) is 6. The lowest BCUT2D eigenvalue weighted by Gasteiger charge is -2.23. The minimum absolute atomic E-state index is 0.00432. The van der Waals surface area contributed by atoms with E-state index in [1.165, 1.54) is 6.20 Å². The number of carbonyl (C=O) groups is 2. The monoisotopic (exact) mass is 486 g/mol. The normalized spacial score (nSPS) is 12.0. The van der Waals surface area contributed by atoms with E-state index in [4.69, 9.17) is 14.3 Å². The van der Waals surface area contributed by atoms with Gasteiger partial charge in [0.25, 0.3) is 0 Å². The number of ketones is 1. The Labute approximate surface area is 210 Å². The van der Waals surface area contributed by atoms with Crippen LogP contribution in [0.25, 0.3) is 22.3 Å². The van der Waals surface area contributed by atoms with Crippen LogP contribution >= 0.6 is 0 Å². The van der Waals surface area contributed by atoms with Crippen LogP contribution in [0.2, 0.25) is 0 Å². The van der Waals surface area contributed by atoms with Crippen LogP contribution in [0.4, 0.5) is 5.82 Å². The maximum atomic E-state index is 12.2. The molecule has 0 unspecified atom stereocenters. The maximum Gasteiger partial charge on any atom is 0.303 e. The van der Waals surface area contributed by atoms with Gasteiger partial charge in [0.15, 0.2) is 5.78 Å². The number of furan rings is 1. The second kappa shape index (κ2) is 11.5. The van der Waals surface area contributed by atoms with Crippen molar-refractivity contribution < 1.29 is 23.8 Å². The largest absolute Gasteiger partial charge is 0.491 e. The summed E-state index contributed by atoms with van der Waals surface area (Å²) in [5, 5.41) is 13.2. The molecule has 2 aromatic heterocycles. The third kappa shape index (κ3) is 6.50. The van der Waals surface area contributed by atoms with Gasteiger partial charge in [-0.25, -0.2) is 4.98 Å². The molecule has 7 nitrogen and oxygen atoms in total. The van der Waals surface area contributed by atoms with Crippen molar-refractivity contribution in [2.24, 2.45) is 5.92 Å². The van der Waals surface area contributed by atoms with Crippen molar-refractivity contribution in [1.29, 1.82) is 0 Å². The Bertz CT molecular complexity index is 1280. The number of rotatable bonds is 12. The van der Waals surface area contributed by atoms with E-state index < -0.39 is 5.97 Å². The third-order valence-electron chi connectivity index (χ3n) is 6.01. The molecule has 0 fully saturated rings. The SMILES string of the molecule is CC(C)[C@@H](COc1ccc(-c2cc3ccccc3o2)cc1)Nc1ccc(C(=O)CCCC(=O)O)cn1. The molecule has 0 bridgehead atoms. The fraction of sp³-hybridized carbons (Fsp3) is 0.276. The van der Waals surface area contributed by atoms with Crippen LogP contribution in [-0.4, -0.2) is 34.5 Å². The molecule has 0 saturated carbocycles. The fourth-order valence-electron chi connectivity index (χ4n) is 3.81. The minimum atomic E-state index is -0.899. The lowest BCUT2D eigenvalue weighted by atomic mass is 10.0. The zero-order valence-electron chi connectivity index (χ0n) is 20.4. The van der Waals surface area contributed by atoms with E-state index in [9.17, 15) is 9.59 Å². The van der Waals surface area contributed by atoms with E-state index in [1.54, 1.807) is 12.1 Å². The number of pyridine rings is 1. The maximum absolute atomic E-state index is 12.2. The average Bonchev–Trinajstić information content (AvgIpc) is 3.31. The van der Waals surface area contributed by atoms with Crippen LogP contribution in [-0.2, 0) is 4.79 Å². The van der Waals surface area contributed by atoms with Gasteiger partial charge in [-0.1, -0.05) is 32.0 Å². The van der Waals surface area contributed by atoms with Gasteiger partial charge in [-0.2, -0.15) is 0 Å². The molecule has 0 amide bonds. The molecule has 186 valence electrons. The highest BCUT2D eigenvalue weighted by molar-refractivity contribution is 5.96. The molecule has 0 saturated heterocycles. The molecular formula is C29H30N2O5. The topological polar surface area (TPSA) is 102 Å². The Balaban J connectivity index is 1.32. The molecule has 2 N–H and O–H groups in total. The van der Waals surface area contributed by atoms with Gasteiger partial charge in [-0.3, -0.25) is 9.59 Å². The first kappa shape index (κ1) is 25.0. The number of carboxylic acids is 1. The van der Waals surface area contributed by atoms with Crippen LogP contribution < -0.4 is 10.1 Å². The lowest BCUT2D eigenvalue weighted by Crippen LogP contribution is -2.32. The number of para-hydroxylation sites is 1. The van der Waals surface area contributed by atoms with Gasteiger partial charge in [0, 0.05) is 35.6 Å². The van der Waals surface area contributed by atoms with Gasteiger partial charge >= 0.3 is 5.97 Å². The van der Waals surface area contributed by atoms with Gasteiger partial charge in [0.2, 0.25) is 0 Å². The zero-order chi connectivity index (χ0) is 25.5. The van der Waals surface area contributed by atoms with Gasteiger partial charge < -0.3 is 19.6 Å². The number of nitrogens with zero attached hydrogens (tertiary/aromatic N) is 1. The molecule has 0 aliphatic heterocycles. The molecular weight excluding hydrogens is 456 g/mol. The zero-order valence-corrected chi connectivity index (χ0v) is 20.4. The number of carbonyl (C=O) groups excluding carboxylic acids is 1. The number of nitrogens with one attached hydrogen (secondary N) is 1. The Morgan fingerprint density at radius 2 is 1.81 bits per heavy atom. The predicted octanol–water partition coefficient (Wildman–Crippen LogP) is 6.45. The third-order valence-corrected chi connectivity index (χ3v) is 6.01. The van der Waals surface area contributed by atoms with Crippen LogP contribution in [0.5, 0.6) is 5.75 Å². The number of fused-ring (bicyclic) bond motifs is 1. The van der Waals surface area contributed by atoms with Crippen molar-refractivity contribution in [3.63, 3.8) is 0 Å². The summed E-state index contributed by atoms with van der Waals surface area (Å²) in [7, 11) is 0. The van der Waals surface area contributed by atoms with E-state index in [0.29, 0.717) is 24.4 Å². The average molecular weight is 487 g/mol. The van der Waals surface area contributed by atoms with Crippen LogP contribution in [0, 0.1) is 5.92 Å². The Kier molecular flexibility index (Phi) is 8.00. The van der Waals surface area contributed by atoms with Crippen LogP contribution in [0.3, 0.4) is 0 Å². The number of aromatic nitrogens is 1. The predicted molar refractivity (Wildman–Crippen MR) is 139 cm³/mol. The minimum Gasteiger partial charge on any atom is -0.491 e. The van der Waals surface area contributed by atoms with E-state index in [1.807, 2.05) is 54.6 Å². The molecule has 0 aliphatic rings. The number of carboxylic acid groups (broad SMARTS) is 1. The molecule has 2 aromatic carbocycles. The molecule has 2 heterocycles. The van der Waals surface area contributed by atoms with Crippen LogP contribution in [0.1, 0.15) is 43.5 Å². The molecule has 4 aromatic rings. The highest BCUT2D eigenvalue weighted by atomic mass is 16.5.